The molecule has 24 heavy (non-hydrogen) atoms. The van der Waals surface area contributed by atoms with Crippen molar-refractivity contribution in [1.82, 2.24) is 0 Å². The Morgan fingerprint density at radius 3 is 1.50 bits per heavy atom. The lowest BCUT2D eigenvalue weighted by Gasteiger charge is -2.11. The second-order valence-corrected chi connectivity index (χ2v) is 7.41. The van der Waals surface area contributed by atoms with Gasteiger partial charge in [0.05, 0.1) is 0 Å². The largest absolute Gasteiger partial charge is 0.550 e. The standard InChI is InChI=1S/C21H43NO2/c1-2-3-4-5-6-7-8-9-10-11-12-14-17-20(22)18-15-13-16-19-21(23)24/h20H,2-19,22H2,1H3,(H,23,24)/p-1. The first-order valence-electron chi connectivity index (χ1n) is 10.6. The number of carbonyl (C=O) groups excluding carboxylic acids is 1. The zero-order valence-corrected chi connectivity index (χ0v) is 16.2. The molecule has 0 bridgehead atoms. The Bertz CT molecular complexity index is 269. The van der Waals surface area contributed by atoms with Gasteiger partial charge in [-0.15, -0.1) is 0 Å². The van der Waals surface area contributed by atoms with Crippen LogP contribution in [0.3, 0.4) is 0 Å². The van der Waals surface area contributed by atoms with Crippen LogP contribution < -0.4 is 10.8 Å². The van der Waals surface area contributed by atoms with Gasteiger partial charge in [-0.05, 0) is 25.7 Å². The van der Waals surface area contributed by atoms with E-state index in [-0.39, 0.29) is 6.42 Å². The maximum Gasteiger partial charge on any atom is 0.0414 e. The number of carboxylic acid groups (broad SMARTS) is 1. The van der Waals surface area contributed by atoms with Gasteiger partial charge in [-0.25, -0.2) is 0 Å². The first-order chi connectivity index (χ1) is 11.7. The van der Waals surface area contributed by atoms with E-state index >= 15 is 0 Å². The first-order valence-corrected chi connectivity index (χ1v) is 10.6. The van der Waals surface area contributed by atoms with Crippen LogP contribution in [0.1, 0.15) is 122 Å². The number of carbonyl (C=O) groups is 1. The molecule has 3 heteroatoms. The highest BCUT2D eigenvalue weighted by atomic mass is 16.4. The Hall–Kier alpha value is -0.570. The molecule has 0 saturated heterocycles. The van der Waals surface area contributed by atoms with E-state index in [1.54, 1.807) is 0 Å². The van der Waals surface area contributed by atoms with E-state index in [1.165, 1.54) is 77.0 Å². The number of unbranched alkanes of at least 4 members (excludes halogenated alkanes) is 13. The fraction of sp³-hybridized carbons (Fsp3) is 0.952. The second-order valence-electron chi connectivity index (χ2n) is 7.41. The number of aliphatic carboxylic acids is 1. The number of rotatable bonds is 19. The van der Waals surface area contributed by atoms with Gasteiger partial charge in [0.15, 0.2) is 0 Å². The molecule has 0 amide bonds. The predicted molar refractivity (Wildman–Crippen MR) is 102 cm³/mol. The number of carboxylic acids is 1. The third kappa shape index (κ3) is 19.5. The van der Waals surface area contributed by atoms with Gasteiger partial charge in [0.25, 0.3) is 0 Å². The Balaban J connectivity index is 3.14. The summed E-state index contributed by atoms with van der Waals surface area (Å²) in [7, 11) is 0. The lowest BCUT2D eigenvalue weighted by Crippen LogP contribution is -2.21. The van der Waals surface area contributed by atoms with Crippen LogP contribution >= 0.6 is 0 Å². The van der Waals surface area contributed by atoms with Crippen LogP contribution in [0.5, 0.6) is 0 Å². The third-order valence-electron chi connectivity index (χ3n) is 4.88. The van der Waals surface area contributed by atoms with Crippen LogP contribution in [0.25, 0.3) is 0 Å². The van der Waals surface area contributed by atoms with Crippen molar-refractivity contribution in [3.63, 3.8) is 0 Å². The van der Waals surface area contributed by atoms with Gasteiger partial charge in [-0.1, -0.05) is 96.8 Å². The molecule has 0 fully saturated rings. The van der Waals surface area contributed by atoms with Gasteiger partial charge < -0.3 is 15.6 Å². The van der Waals surface area contributed by atoms with Crippen molar-refractivity contribution in [3.8, 4) is 0 Å². The fourth-order valence-corrected chi connectivity index (χ4v) is 3.24. The van der Waals surface area contributed by atoms with E-state index < -0.39 is 5.97 Å². The van der Waals surface area contributed by atoms with Crippen LogP contribution in [0, 0.1) is 0 Å². The number of hydrogen-bond donors (Lipinski definition) is 1. The average Bonchev–Trinajstić information content (AvgIpc) is 2.55. The predicted octanol–water partition coefficient (Wildman–Crippen LogP) is 5.11. The summed E-state index contributed by atoms with van der Waals surface area (Å²) in [5, 5.41) is 10.3. The van der Waals surface area contributed by atoms with Crippen LogP contribution in [-0.4, -0.2) is 12.0 Å². The molecule has 0 aromatic rings. The number of nitrogens with two attached hydrogens (primary N) is 1. The lowest BCUT2D eigenvalue weighted by molar-refractivity contribution is -0.305. The smallest absolute Gasteiger partial charge is 0.0414 e. The highest BCUT2D eigenvalue weighted by molar-refractivity contribution is 5.63. The molecule has 0 saturated carbocycles. The molecular weight excluding hydrogens is 298 g/mol. The molecule has 1 atom stereocenters. The first kappa shape index (κ1) is 23.4. The monoisotopic (exact) mass is 340 g/mol. The minimum Gasteiger partial charge on any atom is -0.550 e. The molecule has 0 radical (unpaired) electrons. The van der Waals surface area contributed by atoms with Crippen molar-refractivity contribution in [1.29, 1.82) is 0 Å². The Morgan fingerprint density at radius 2 is 1.08 bits per heavy atom. The maximum atomic E-state index is 10.3. The van der Waals surface area contributed by atoms with Gasteiger partial charge in [-0.2, -0.15) is 0 Å². The summed E-state index contributed by atoms with van der Waals surface area (Å²) in [4.78, 5) is 10.3. The summed E-state index contributed by atoms with van der Waals surface area (Å²) in [5.74, 6) is -0.934. The maximum absolute atomic E-state index is 10.3. The quantitative estimate of drug-likeness (QED) is 0.332. The van der Waals surface area contributed by atoms with Gasteiger partial charge in [0.1, 0.15) is 0 Å². The topological polar surface area (TPSA) is 66.2 Å². The van der Waals surface area contributed by atoms with Gasteiger partial charge >= 0.3 is 0 Å². The molecule has 2 N–H and O–H groups in total. The molecule has 1 unspecified atom stereocenters. The van der Waals surface area contributed by atoms with Crippen molar-refractivity contribution in [3.05, 3.63) is 0 Å². The normalized spacial score (nSPS) is 12.4. The Labute approximate surface area is 150 Å². The summed E-state index contributed by atoms with van der Waals surface area (Å²) in [6.07, 6.45) is 21.6. The SMILES string of the molecule is CCCCCCCCCCCCCCC(N)CCCCCC(=O)[O-]. The highest BCUT2D eigenvalue weighted by Crippen LogP contribution is 2.14. The second kappa shape index (κ2) is 18.8. The van der Waals surface area contributed by atoms with Crippen LogP contribution in [0.2, 0.25) is 0 Å². The van der Waals surface area contributed by atoms with E-state index in [4.69, 9.17) is 5.73 Å². The average molecular weight is 341 g/mol. The van der Waals surface area contributed by atoms with Crippen LogP contribution in [0.4, 0.5) is 0 Å². The van der Waals surface area contributed by atoms with Crippen molar-refractivity contribution >= 4 is 5.97 Å². The van der Waals surface area contributed by atoms with E-state index in [1.807, 2.05) is 0 Å². The van der Waals surface area contributed by atoms with E-state index in [0.29, 0.717) is 6.04 Å². The minimum absolute atomic E-state index is 0.188. The summed E-state index contributed by atoms with van der Waals surface area (Å²) in [6, 6.07) is 0.302. The van der Waals surface area contributed by atoms with Gasteiger partial charge in [0.2, 0.25) is 0 Å². The highest BCUT2D eigenvalue weighted by Gasteiger charge is 2.02. The molecular formula is C21H42NO2-. The molecule has 0 aromatic heterocycles. The summed E-state index contributed by atoms with van der Waals surface area (Å²) < 4.78 is 0. The summed E-state index contributed by atoms with van der Waals surface area (Å²) in [5.41, 5.74) is 6.12. The van der Waals surface area contributed by atoms with Crippen molar-refractivity contribution in [2.24, 2.45) is 5.73 Å². The summed E-state index contributed by atoms with van der Waals surface area (Å²) in [6.45, 7) is 2.27. The van der Waals surface area contributed by atoms with Crippen molar-refractivity contribution in [2.75, 3.05) is 0 Å². The molecule has 0 aliphatic heterocycles. The minimum atomic E-state index is -0.934. The van der Waals surface area contributed by atoms with E-state index in [0.717, 1.165) is 32.1 Å². The zero-order valence-electron chi connectivity index (χ0n) is 16.2. The Morgan fingerprint density at radius 1 is 0.708 bits per heavy atom. The number of hydrogen-bond acceptors (Lipinski definition) is 3. The summed E-state index contributed by atoms with van der Waals surface area (Å²) >= 11 is 0. The molecule has 0 aromatic carbocycles. The van der Waals surface area contributed by atoms with Crippen molar-refractivity contribution in [2.45, 2.75) is 129 Å². The molecule has 0 rings (SSSR count). The zero-order chi connectivity index (χ0) is 17.9. The third-order valence-corrected chi connectivity index (χ3v) is 4.88. The van der Waals surface area contributed by atoms with Gasteiger partial charge in [-0.3, -0.25) is 0 Å². The molecule has 0 heterocycles. The van der Waals surface area contributed by atoms with Gasteiger partial charge in [0, 0.05) is 12.0 Å². The molecule has 0 aliphatic rings. The molecule has 3 nitrogen and oxygen atoms in total. The van der Waals surface area contributed by atoms with E-state index in [2.05, 4.69) is 6.92 Å². The van der Waals surface area contributed by atoms with E-state index in [9.17, 15) is 9.90 Å². The molecule has 0 aliphatic carbocycles. The lowest BCUT2D eigenvalue weighted by atomic mass is 10.0. The fourth-order valence-electron chi connectivity index (χ4n) is 3.24. The van der Waals surface area contributed by atoms with Crippen LogP contribution in [-0.2, 0) is 4.79 Å². The molecule has 144 valence electrons. The molecule has 0 spiro atoms. The van der Waals surface area contributed by atoms with Crippen LogP contribution in [0.15, 0.2) is 0 Å². The Kier molecular flexibility index (Phi) is 18.3. The van der Waals surface area contributed by atoms with Crippen molar-refractivity contribution < 1.29 is 9.90 Å².